The molecule has 0 aromatic heterocycles. The van der Waals surface area contributed by atoms with Gasteiger partial charge in [0.15, 0.2) is 0 Å². The first-order chi connectivity index (χ1) is 9.43. The van der Waals surface area contributed by atoms with Crippen LogP contribution in [0, 0.1) is 12.8 Å². The summed E-state index contributed by atoms with van der Waals surface area (Å²) in [4.78, 5) is 23.4. The highest BCUT2D eigenvalue weighted by molar-refractivity contribution is 5.97. The van der Waals surface area contributed by atoms with Crippen LogP contribution < -0.4 is 21.9 Å². The van der Waals surface area contributed by atoms with Crippen LogP contribution in [0.4, 0.5) is 5.69 Å². The van der Waals surface area contributed by atoms with Crippen molar-refractivity contribution in [2.45, 2.75) is 20.8 Å². The molecule has 6 heteroatoms. The predicted molar refractivity (Wildman–Crippen MR) is 79.2 cm³/mol. The van der Waals surface area contributed by atoms with E-state index in [9.17, 15) is 9.59 Å². The minimum absolute atomic E-state index is 0.0263. The molecule has 0 aliphatic heterocycles. The molecule has 0 atom stereocenters. The average Bonchev–Trinajstić information content (AvgIpc) is 2.42. The Morgan fingerprint density at radius 2 is 1.95 bits per heavy atom. The largest absolute Gasteiger partial charge is 0.354 e. The molecule has 0 aliphatic rings. The molecule has 2 amide bonds. The fourth-order valence-electron chi connectivity index (χ4n) is 1.61. The molecule has 0 saturated heterocycles. The summed E-state index contributed by atoms with van der Waals surface area (Å²) in [5.41, 5.74) is 4.67. The Labute approximate surface area is 119 Å². The molecular weight excluding hydrogens is 256 g/mol. The van der Waals surface area contributed by atoms with Crippen molar-refractivity contribution in [3.63, 3.8) is 0 Å². The number of nitrogen functional groups attached to an aromatic ring is 1. The topological polar surface area (TPSA) is 96.2 Å². The van der Waals surface area contributed by atoms with Gasteiger partial charge in [-0.05, 0) is 36.6 Å². The molecule has 0 fully saturated rings. The van der Waals surface area contributed by atoms with Crippen molar-refractivity contribution in [2.75, 3.05) is 18.5 Å². The van der Waals surface area contributed by atoms with E-state index in [4.69, 9.17) is 5.84 Å². The predicted octanol–water partition coefficient (Wildman–Crippen LogP) is 0.783. The summed E-state index contributed by atoms with van der Waals surface area (Å²) < 4.78 is 0. The van der Waals surface area contributed by atoms with Crippen LogP contribution in [-0.4, -0.2) is 24.9 Å². The van der Waals surface area contributed by atoms with Crippen LogP contribution in [0.1, 0.15) is 29.8 Å². The van der Waals surface area contributed by atoms with Gasteiger partial charge in [-0.1, -0.05) is 13.8 Å². The molecule has 20 heavy (non-hydrogen) atoms. The monoisotopic (exact) mass is 278 g/mol. The van der Waals surface area contributed by atoms with E-state index in [0.717, 1.165) is 11.3 Å². The highest BCUT2D eigenvalue weighted by Gasteiger charge is 2.09. The second-order valence-corrected chi connectivity index (χ2v) is 5.05. The van der Waals surface area contributed by atoms with Gasteiger partial charge in [-0.2, -0.15) is 0 Å². The summed E-state index contributed by atoms with van der Waals surface area (Å²) in [5, 5.41) is 5.32. The summed E-state index contributed by atoms with van der Waals surface area (Å²) in [6, 6.07) is 5.10. The summed E-state index contributed by atoms with van der Waals surface area (Å²) in [5.74, 6) is 5.24. The molecule has 0 unspecified atom stereocenters. The van der Waals surface area contributed by atoms with Crippen LogP contribution in [0.25, 0.3) is 0 Å². The summed E-state index contributed by atoms with van der Waals surface area (Å²) in [6.45, 7) is 6.44. The first-order valence-corrected chi connectivity index (χ1v) is 6.56. The van der Waals surface area contributed by atoms with Crippen LogP contribution in [0.3, 0.4) is 0 Å². The van der Waals surface area contributed by atoms with Gasteiger partial charge in [0.1, 0.15) is 0 Å². The highest BCUT2D eigenvalue weighted by Crippen LogP contribution is 2.14. The maximum Gasteiger partial charge on any atom is 0.251 e. The zero-order valence-corrected chi connectivity index (χ0v) is 12.1. The van der Waals surface area contributed by atoms with Crippen molar-refractivity contribution < 1.29 is 9.59 Å². The van der Waals surface area contributed by atoms with E-state index < -0.39 is 0 Å². The number of nitrogens with one attached hydrogen (secondary N) is 3. The van der Waals surface area contributed by atoms with Crippen LogP contribution in [0.5, 0.6) is 0 Å². The maximum atomic E-state index is 11.9. The molecule has 0 heterocycles. The molecular formula is C14H22N4O2. The number of hydrogen-bond donors (Lipinski definition) is 4. The molecule has 6 nitrogen and oxygen atoms in total. The Morgan fingerprint density at radius 3 is 2.50 bits per heavy atom. The number of nitrogens with two attached hydrogens (primary N) is 1. The Bertz CT molecular complexity index is 486. The van der Waals surface area contributed by atoms with Gasteiger partial charge < -0.3 is 16.1 Å². The molecule has 0 aliphatic carbocycles. The number of carbonyl (C=O) groups excluding carboxylic acids is 2. The smallest absolute Gasteiger partial charge is 0.251 e. The first kappa shape index (κ1) is 16.0. The number of aryl methyl sites for hydroxylation is 1. The van der Waals surface area contributed by atoms with Crippen molar-refractivity contribution in [1.82, 2.24) is 10.6 Å². The molecule has 0 radical (unpaired) electrons. The van der Waals surface area contributed by atoms with Crippen molar-refractivity contribution in [2.24, 2.45) is 11.8 Å². The van der Waals surface area contributed by atoms with Crippen molar-refractivity contribution in [3.05, 3.63) is 29.3 Å². The zero-order chi connectivity index (χ0) is 15.1. The number of benzene rings is 1. The molecule has 5 N–H and O–H groups in total. The second-order valence-electron chi connectivity index (χ2n) is 5.05. The quantitative estimate of drug-likeness (QED) is 0.457. The molecule has 1 aromatic rings. The van der Waals surface area contributed by atoms with Gasteiger partial charge in [-0.15, -0.1) is 0 Å². The third-order valence-electron chi connectivity index (χ3n) is 2.76. The third-order valence-corrected chi connectivity index (χ3v) is 2.76. The fraction of sp³-hybridized carbons (Fsp3) is 0.429. The van der Waals surface area contributed by atoms with E-state index >= 15 is 0 Å². The van der Waals surface area contributed by atoms with Gasteiger partial charge in [0.2, 0.25) is 5.91 Å². The van der Waals surface area contributed by atoms with Crippen LogP contribution in [0.15, 0.2) is 18.2 Å². The van der Waals surface area contributed by atoms with Crippen LogP contribution in [-0.2, 0) is 4.79 Å². The van der Waals surface area contributed by atoms with E-state index in [1.165, 1.54) is 0 Å². The number of hydrogen-bond acceptors (Lipinski definition) is 4. The number of carbonyl (C=O) groups is 2. The molecule has 0 spiro atoms. The number of anilines is 1. The lowest BCUT2D eigenvalue weighted by Crippen LogP contribution is -2.38. The zero-order valence-electron chi connectivity index (χ0n) is 12.1. The summed E-state index contributed by atoms with van der Waals surface area (Å²) in [6.07, 6.45) is 0. The van der Waals surface area contributed by atoms with E-state index in [2.05, 4.69) is 16.1 Å². The van der Waals surface area contributed by atoms with Crippen molar-refractivity contribution in [3.8, 4) is 0 Å². The lowest BCUT2D eigenvalue weighted by molar-refractivity contribution is -0.120. The third kappa shape index (κ3) is 4.89. The van der Waals surface area contributed by atoms with Crippen LogP contribution in [0.2, 0.25) is 0 Å². The van der Waals surface area contributed by atoms with E-state index in [1.54, 1.807) is 18.2 Å². The van der Waals surface area contributed by atoms with Gasteiger partial charge in [0.05, 0.1) is 12.2 Å². The fourth-order valence-corrected chi connectivity index (χ4v) is 1.61. The first-order valence-electron chi connectivity index (χ1n) is 6.56. The number of hydrazine groups is 1. The van der Waals surface area contributed by atoms with E-state index in [0.29, 0.717) is 18.0 Å². The van der Waals surface area contributed by atoms with Gasteiger partial charge in [0, 0.05) is 12.1 Å². The molecule has 1 rings (SSSR count). The van der Waals surface area contributed by atoms with Gasteiger partial charge in [0.25, 0.3) is 5.91 Å². The lowest BCUT2D eigenvalue weighted by Gasteiger charge is -2.10. The molecule has 0 bridgehead atoms. The highest BCUT2D eigenvalue weighted by atomic mass is 16.2. The molecule has 110 valence electrons. The number of rotatable bonds is 6. The summed E-state index contributed by atoms with van der Waals surface area (Å²) in [7, 11) is 0. The van der Waals surface area contributed by atoms with Gasteiger partial charge >= 0.3 is 0 Å². The molecule has 0 saturated carbocycles. The Morgan fingerprint density at radius 1 is 1.25 bits per heavy atom. The Hall–Kier alpha value is -2.08. The summed E-state index contributed by atoms with van der Waals surface area (Å²) >= 11 is 0. The Balaban J connectivity index is 2.51. The second kappa shape index (κ2) is 7.49. The maximum absolute atomic E-state index is 11.9. The average molecular weight is 278 g/mol. The normalized spacial score (nSPS) is 10.2. The van der Waals surface area contributed by atoms with Gasteiger partial charge in [-0.3, -0.25) is 15.4 Å². The number of amides is 2. The van der Waals surface area contributed by atoms with Gasteiger partial charge in [-0.25, -0.2) is 0 Å². The van der Waals surface area contributed by atoms with Crippen molar-refractivity contribution >= 4 is 17.5 Å². The SMILES string of the molecule is Cc1cc(C(=O)NCC(=O)NCC(C)C)ccc1NN. The lowest BCUT2D eigenvalue weighted by atomic mass is 10.1. The van der Waals surface area contributed by atoms with Crippen molar-refractivity contribution in [1.29, 1.82) is 0 Å². The minimum Gasteiger partial charge on any atom is -0.354 e. The standard InChI is InChI=1S/C14H22N4O2/c1-9(2)7-16-13(19)8-17-14(20)11-4-5-12(18-15)10(3)6-11/h4-6,9,18H,7-8,15H2,1-3H3,(H,16,19)(H,17,20). The minimum atomic E-state index is -0.281. The van der Waals surface area contributed by atoms with E-state index in [1.807, 2.05) is 20.8 Å². The van der Waals surface area contributed by atoms with E-state index in [-0.39, 0.29) is 18.4 Å². The Kier molecular flexibility index (Phi) is 5.99. The van der Waals surface area contributed by atoms with Crippen LogP contribution >= 0.6 is 0 Å². The molecule has 1 aromatic carbocycles.